The highest BCUT2D eigenvalue weighted by atomic mass is 19.2. The van der Waals surface area contributed by atoms with Crippen molar-refractivity contribution in [3.8, 4) is 0 Å². The van der Waals surface area contributed by atoms with E-state index in [4.69, 9.17) is 0 Å². The maximum Gasteiger partial charge on any atom is 0.254 e. The van der Waals surface area contributed by atoms with Crippen molar-refractivity contribution in [2.75, 3.05) is 13.1 Å². The molecule has 1 amide bonds. The molecule has 0 aliphatic carbocycles. The van der Waals surface area contributed by atoms with E-state index < -0.39 is 17.5 Å². The van der Waals surface area contributed by atoms with Crippen molar-refractivity contribution in [2.45, 2.75) is 25.3 Å². The van der Waals surface area contributed by atoms with Crippen molar-refractivity contribution in [2.24, 2.45) is 0 Å². The van der Waals surface area contributed by atoms with E-state index in [1.165, 1.54) is 12.1 Å². The fourth-order valence-corrected chi connectivity index (χ4v) is 2.14. The zero-order chi connectivity index (χ0) is 13.0. The summed E-state index contributed by atoms with van der Waals surface area (Å²) in [7, 11) is 0. The zero-order valence-corrected chi connectivity index (χ0v) is 10.0. The first kappa shape index (κ1) is 13.0. The Morgan fingerprint density at radius 2 is 2.28 bits per heavy atom. The van der Waals surface area contributed by atoms with Crippen molar-refractivity contribution in [1.82, 2.24) is 10.6 Å². The van der Waals surface area contributed by atoms with E-state index >= 15 is 0 Å². The summed E-state index contributed by atoms with van der Waals surface area (Å²) in [5.74, 6) is -2.65. The maximum absolute atomic E-state index is 13.3. The molecule has 0 saturated carbocycles. The molecule has 0 aromatic heterocycles. The van der Waals surface area contributed by atoms with Crippen LogP contribution in [0.5, 0.6) is 0 Å². The first-order valence-electron chi connectivity index (χ1n) is 6.14. The molecular formula is C13H16F2N2O. The first-order valence-corrected chi connectivity index (χ1v) is 6.14. The average Bonchev–Trinajstić information content (AvgIpc) is 2.85. The van der Waals surface area contributed by atoms with Crippen molar-refractivity contribution in [3.05, 3.63) is 35.4 Å². The molecule has 2 rings (SSSR count). The molecule has 18 heavy (non-hydrogen) atoms. The predicted octanol–water partition coefficient (Wildman–Crippen LogP) is 1.84. The number of hydrogen-bond donors (Lipinski definition) is 2. The third kappa shape index (κ3) is 3.04. The van der Waals surface area contributed by atoms with Crippen molar-refractivity contribution in [3.63, 3.8) is 0 Å². The van der Waals surface area contributed by atoms with Gasteiger partial charge in [-0.05, 0) is 37.9 Å². The molecule has 98 valence electrons. The Labute approximate surface area is 105 Å². The summed E-state index contributed by atoms with van der Waals surface area (Å²) in [6.07, 6.45) is 3.06. The number of rotatable bonds is 4. The fourth-order valence-electron chi connectivity index (χ4n) is 2.14. The molecule has 3 nitrogen and oxygen atoms in total. The summed E-state index contributed by atoms with van der Waals surface area (Å²) < 4.78 is 26.3. The number of carbonyl (C=O) groups excluding carboxylic acids is 1. The maximum atomic E-state index is 13.3. The van der Waals surface area contributed by atoms with Crippen LogP contribution in [-0.4, -0.2) is 25.0 Å². The minimum Gasteiger partial charge on any atom is -0.352 e. The predicted molar refractivity (Wildman–Crippen MR) is 64.3 cm³/mol. The SMILES string of the molecule is O=C(NCC[C@H]1CCCN1)c1cccc(F)c1F. The molecule has 1 fully saturated rings. The highest BCUT2D eigenvalue weighted by Crippen LogP contribution is 2.11. The molecule has 1 aromatic rings. The van der Waals surface area contributed by atoms with E-state index in [1.807, 2.05) is 0 Å². The minimum atomic E-state index is -1.09. The van der Waals surface area contributed by atoms with Crippen LogP contribution in [0.3, 0.4) is 0 Å². The Kier molecular flexibility index (Phi) is 4.25. The van der Waals surface area contributed by atoms with E-state index in [9.17, 15) is 13.6 Å². The third-order valence-corrected chi connectivity index (χ3v) is 3.14. The van der Waals surface area contributed by atoms with Gasteiger partial charge in [0.2, 0.25) is 0 Å². The topological polar surface area (TPSA) is 41.1 Å². The molecule has 0 radical (unpaired) electrons. The summed E-state index contributed by atoms with van der Waals surface area (Å²) in [5.41, 5.74) is -0.241. The van der Waals surface area contributed by atoms with Crippen LogP contribution in [-0.2, 0) is 0 Å². The molecule has 1 heterocycles. The van der Waals surface area contributed by atoms with Gasteiger partial charge >= 0.3 is 0 Å². The van der Waals surface area contributed by atoms with E-state index in [-0.39, 0.29) is 5.56 Å². The Morgan fingerprint density at radius 3 is 3.00 bits per heavy atom. The van der Waals surface area contributed by atoms with E-state index in [2.05, 4.69) is 10.6 Å². The van der Waals surface area contributed by atoms with Gasteiger partial charge in [-0.15, -0.1) is 0 Å². The number of hydrogen-bond acceptors (Lipinski definition) is 2. The van der Waals surface area contributed by atoms with Crippen molar-refractivity contribution < 1.29 is 13.6 Å². The second-order valence-electron chi connectivity index (χ2n) is 4.44. The molecule has 0 spiro atoms. The van der Waals surface area contributed by atoms with Crippen LogP contribution in [0.15, 0.2) is 18.2 Å². The molecule has 2 N–H and O–H groups in total. The van der Waals surface area contributed by atoms with E-state index in [1.54, 1.807) is 0 Å². The van der Waals surface area contributed by atoms with Gasteiger partial charge in [0, 0.05) is 12.6 Å². The number of carbonyl (C=O) groups is 1. The standard InChI is InChI=1S/C13H16F2N2O/c14-11-5-1-4-10(12(11)15)13(18)17-8-6-9-3-2-7-16-9/h1,4-5,9,16H,2-3,6-8H2,(H,17,18)/t9-/m1/s1. The average molecular weight is 254 g/mol. The monoisotopic (exact) mass is 254 g/mol. The van der Waals surface area contributed by atoms with Gasteiger partial charge in [0.05, 0.1) is 5.56 Å². The molecule has 5 heteroatoms. The molecule has 0 bridgehead atoms. The van der Waals surface area contributed by atoms with Gasteiger partial charge in [0.15, 0.2) is 11.6 Å². The number of nitrogens with one attached hydrogen (secondary N) is 2. The minimum absolute atomic E-state index is 0.241. The molecule has 1 saturated heterocycles. The van der Waals surface area contributed by atoms with Gasteiger partial charge in [0.25, 0.3) is 5.91 Å². The lowest BCUT2D eigenvalue weighted by Crippen LogP contribution is -2.31. The number of amides is 1. The Balaban J connectivity index is 1.85. The summed E-state index contributed by atoms with van der Waals surface area (Å²) >= 11 is 0. The van der Waals surface area contributed by atoms with Crippen molar-refractivity contribution >= 4 is 5.91 Å². The van der Waals surface area contributed by atoms with Crippen molar-refractivity contribution in [1.29, 1.82) is 0 Å². The second kappa shape index (κ2) is 5.91. The van der Waals surface area contributed by atoms with Gasteiger partial charge in [0.1, 0.15) is 0 Å². The highest BCUT2D eigenvalue weighted by molar-refractivity contribution is 5.94. The van der Waals surface area contributed by atoms with Gasteiger partial charge < -0.3 is 10.6 Å². The molecular weight excluding hydrogens is 238 g/mol. The third-order valence-electron chi connectivity index (χ3n) is 3.14. The quantitative estimate of drug-likeness (QED) is 0.860. The largest absolute Gasteiger partial charge is 0.352 e. The Hall–Kier alpha value is -1.49. The molecule has 1 aromatic carbocycles. The van der Waals surface area contributed by atoms with Gasteiger partial charge in [-0.3, -0.25) is 4.79 Å². The van der Waals surface area contributed by atoms with Crippen LogP contribution < -0.4 is 10.6 Å². The number of benzene rings is 1. The highest BCUT2D eigenvalue weighted by Gasteiger charge is 2.16. The first-order chi connectivity index (χ1) is 8.68. The fraction of sp³-hybridized carbons (Fsp3) is 0.462. The summed E-state index contributed by atoms with van der Waals surface area (Å²) in [6, 6.07) is 4.02. The van der Waals surface area contributed by atoms with Gasteiger partial charge in [-0.25, -0.2) is 8.78 Å². The summed E-state index contributed by atoms with van der Waals surface area (Å²) in [4.78, 5) is 11.7. The van der Waals surface area contributed by atoms with Crippen LogP contribution in [0.2, 0.25) is 0 Å². The lowest BCUT2D eigenvalue weighted by molar-refractivity contribution is 0.0947. The molecule has 0 unspecified atom stereocenters. The van der Waals surface area contributed by atoms with Crippen LogP contribution in [0.4, 0.5) is 8.78 Å². The molecule has 1 aliphatic rings. The van der Waals surface area contributed by atoms with Crippen LogP contribution in [0.25, 0.3) is 0 Å². The summed E-state index contributed by atoms with van der Waals surface area (Å²) in [6.45, 7) is 1.48. The zero-order valence-electron chi connectivity index (χ0n) is 10.0. The lowest BCUT2D eigenvalue weighted by atomic mass is 10.1. The molecule has 1 atom stereocenters. The smallest absolute Gasteiger partial charge is 0.254 e. The Bertz CT molecular complexity index is 431. The van der Waals surface area contributed by atoms with Crippen LogP contribution >= 0.6 is 0 Å². The Morgan fingerprint density at radius 1 is 1.44 bits per heavy atom. The van der Waals surface area contributed by atoms with E-state index in [0.29, 0.717) is 12.6 Å². The molecule has 1 aliphatic heterocycles. The number of halogens is 2. The second-order valence-corrected chi connectivity index (χ2v) is 4.44. The summed E-state index contributed by atoms with van der Waals surface area (Å²) in [5, 5.41) is 5.91. The van der Waals surface area contributed by atoms with E-state index in [0.717, 1.165) is 31.9 Å². The normalized spacial score (nSPS) is 18.9. The van der Waals surface area contributed by atoms with Gasteiger partial charge in [-0.1, -0.05) is 6.07 Å². The van der Waals surface area contributed by atoms with Crippen LogP contribution in [0, 0.1) is 11.6 Å². The lowest BCUT2D eigenvalue weighted by Gasteiger charge is -2.11. The van der Waals surface area contributed by atoms with Crippen LogP contribution in [0.1, 0.15) is 29.6 Å². The van der Waals surface area contributed by atoms with Gasteiger partial charge in [-0.2, -0.15) is 0 Å².